The quantitative estimate of drug-likeness (QED) is 0.759. The van der Waals surface area contributed by atoms with Crippen molar-refractivity contribution in [3.63, 3.8) is 0 Å². The zero-order valence-electron chi connectivity index (χ0n) is 11.0. The molecule has 0 N–H and O–H groups in total. The van der Waals surface area contributed by atoms with Gasteiger partial charge in [-0.15, -0.1) is 0 Å². The Kier molecular flexibility index (Phi) is 5.25. The molecule has 0 radical (unpaired) electrons. The van der Waals surface area contributed by atoms with Gasteiger partial charge in [0.15, 0.2) is 9.84 Å². The molecule has 0 saturated carbocycles. The van der Waals surface area contributed by atoms with Crippen LogP contribution >= 0.6 is 0 Å². The average Bonchev–Trinajstić information content (AvgIpc) is 2.36. The molecule has 0 bridgehead atoms. The summed E-state index contributed by atoms with van der Waals surface area (Å²) >= 11 is 0. The largest absolute Gasteiger partial charge is 0.469 e. The molecule has 0 aromatic heterocycles. The highest BCUT2D eigenvalue weighted by molar-refractivity contribution is 7.90. The van der Waals surface area contributed by atoms with E-state index in [-0.39, 0.29) is 10.6 Å². The maximum atomic E-state index is 12.0. The second-order valence-corrected chi connectivity index (χ2v) is 7.69. The number of hydrogen-bond donors (Lipinski definition) is 0. The van der Waals surface area contributed by atoms with Crippen LogP contribution in [0.4, 0.5) is 0 Å². The fourth-order valence-corrected chi connectivity index (χ4v) is 3.28. The zero-order valence-corrected chi connectivity index (χ0v) is 12.6. The first-order chi connectivity index (χ1) is 8.75. The standard InChI is InChI=1S/C12H16O5S2/c1-9(12(13)17-2)8-18(14)10-4-6-11(7-5-10)19(3,15)16/h4-7,9H,8H2,1-3H3. The van der Waals surface area contributed by atoms with Crippen molar-refractivity contribution < 1.29 is 22.2 Å². The molecule has 0 fully saturated rings. The molecule has 0 spiro atoms. The SMILES string of the molecule is COC(=O)C(C)CS(=O)c1ccc(S(C)(=O)=O)cc1. The van der Waals surface area contributed by atoms with Gasteiger partial charge in [-0.1, -0.05) is 6.92 Å². The second-order valence-electron chi connectivity index (χ2n) is 4.18. The number of esters is 1. The van der Waals surface area contributed by atoms with Crippen molar-refractivity contribution in [1.29, 1.82) is 0 Å². The molecule has 1 rings (SSSR count). The molecule has 0 amide bonds. The van der Waals surface area contributed by atoms with Crippen LogP contribution in [-0.2, 0) is 30.2 Å². The van der Waals surface area contributed by atoms with Crippen LogP contribution in [0.3, 0.4) is 0 Å². The number of rotatable bonds is 5. The van der Waals surface area contributed by atoms with Gasteiger partial charge in [0.25, 0.3) is 0 Å². The minimum atomic E-state index is -3.26. The summed E-state index contributed by atoms with van der Waals surface area (Å²) in [6.07, 6.45) is 1.11. The van der Waals surface area contributed by atoms with Crippen LogP contribution in [-0.4, -0.2) is 37.7 Å². The fraction of sp³-hybridized carbons (Fsp3) is 0.417. The number of sulfone groups is 1. The molecule has 5 nitrogen and oxygen atoms in total. The van der Waals surface area contributed by atoms with Crippen LogP contribution < -0.4 is 0 Å². The lowest BCUT2D eigenvalue weighted by Crippen LogP contribution is -2.19. The molecule has 19 heavy (non-hydrogen) atoms. The van der Waals surface area contributed by atoms with Crippen LogP contribution in [0.2, 0.25) is 0 Å². The summed E-state index contributed by atoms with van der Waals surface area (Å²) in [6.45, 7) is 1.63. The van der Waals surface area contributed by atoms with E-state index in [0.29, 0.717) is 4.90 Å². The Labute approximate surface area is 115 Å². The van der Waals surface area contributed by atoms with E-state index in [0.717, 1.165) is 6.26 Å². The summed E-state index contributed by atoms with van der Waals surface area (Å²) in [4.78, 5) is 11.9. The minimum Gasteiger partial charge on any atom is -0.469 e. The maximum absolute atomic E-state index is 12.0. The number of carbonyl (C=O) groups is 1. The highest BCUT2D eigenvalue weighted by Gasteiger charge is 2.18. The van der Waals surface area contributed by atoms with E-state index in [4.69, 9.17) is 0 Å². The third-order valence-corrected chi connectivity index (χ3v) is 5.25. The molecule has 106 valence electrons. The van der Waals surface area contributed by atoms with Crippen LogP contribution in [0.5, 0.6) is 0 Å². The van der Waals surface area contributed by atoms with Crippen LogP contribution in [0, 0.1) is 5.92 Å². The van der Waals surface area contributed by atoms with Crippen molar-refractivity contribution in [2.45, 2.75) is 16.7 Å². The van der Waals surface area contributed by atoms with Gasteiger partial charge in [0.2, 0.25) is 0 Å². The predicted octanol–water partition coefficient (Wildman–Crippen LogP) is 1.01. The van der Waals surface area contributed by atoms with Gasteiger partial charge in [-0.05, 0) is 24.3 Å². The molecule has 0 aliphatic rings. The molecule has 1 aromatic carbocycles. The number of methoxy groups -OCH3 is 1. The van der Waals surface area contributed by atoms with Crippen molar-refractivity contribution in [3.05, 3.63) is 24.3 Å². The lowest BCUT2D eigenvalue weighted by Gasteiger charge is -2.09. The summed E-state index contributed by atoms with van der Waals surface area (Å²) in [7, 11) is -3.34. The van der Waals surface area contributed by atoms with Crippen molar-refractivity contribution in [1.82, 2.24) is 0 Å². The Bertz CT molecular complexity index is 575. The van der Waals surface area contributed by atoms with E-state index in [1.165, 1.54) is 31.4 Å². The second kappa shape index (κ2) is 6.29. The van der Waals surface area contributed by atoms with Crippen LogP contribution in [0.1, 0.15) is 6.92 Å². The van der Waals surface area contributed by atoms with E-state index in [2.05, 4.69) is 4.74 Å². The Hall–Kier alpha value is -1.21. The van der Waals surface area contributed by atoms with Gasteiger partial charge in [0.1, 0.15) is 0 Å². The maximum Gasteiger partial charge on any atom is 0.309 e. The van der Waals surface area contributed by atoms with E-state index in [1.807, 2.05) is 0 Å². The number of carbonyl (C=O) groups excluding carboxylic acids is 1. The number of hydrogen-bond acceptors (Lipinski definition) is 5. The smallest absolute Gasteiger partial charge is 0.309 e. The molecule has 2 unspecified atom stereocenters. The molecule has 2 atom stereocenters. The zero-order chi connectivity index (χ0) is 14.6. The topological polar surface area (TPSA) is 77.5 Å². The van der Waals surface area contributed by atoms with Gasteiger partial charge >= 0.3 is 5.97 Å². The Morgan fingerprint density at radius 2 is 1.84 bits per heavy atom. The third kappa shape index (κ3) is 4.43. The minimum absolute atomic E-state index is 0.144. The lowest BCUT2D eigenvalue weighted by atomic mass is 10.2. The fourth-order valence-electron chi connectivity index (χ4n) is 1.43. The first kappa shape index (κ1) is 15.8. The Morgan fingerprint density at radius 3 is 2.26 bits per heavy atom. The molecule has 0 saturated heterocycles. The molecule has 0 heterocycles. The monoisotopic (exact) mass is 304 g/mol. The summed E-state index contributed by atoms with van der Waals surface area (Å²) in [5.74, 6) is -0.744. The summed E-state index contributed by atoms with van der Waals surface area (Å²) in [5.41, 5.74) is 0. The van der Waals surface area contributed by atoms with Gasteiger partial charge in [-0.3, -0.25) is 9.00 Å². The van der Waals surface area contributed by atoms with Crippen LogP contribution in [0.25, 0.3) is 0 Å². The summed E-state index contributed by atoms with van der Waals surface area (Å²) in [6, 6.07) is 5.81. The third-order valence-electron chi connectivity index (χ3n) is 2.52. The van der Waals surface area contributed by atoms with Gasteiger partial charge in [-0.2, -0.15) is 0 Å². The number of ether oxygens (including phenoxy) is 1. The van der Waals surface area contributed by atoms with E-state index >= 15 is 0 Å². The van der Waals surface area contributed by atoms with Gasteiger partial charge in [0, 0.05) is 16.9 Å². The normalized spacial score (nSPS) is 14.7. The van der Waals surface area contributed by atoms with Crippen LogP contribution in [0.15, 0.2) is 34.1 Å². The van der Waals surface area contributed by atoms with Crippen molar-refractivity contribution >= 4 is 26.6 Å². The Morgan fingerprint density at radius 1 is 1.32 bits per heavy atom. The molecule has 0 aliphatic carbocycles. The van der Waals surface area contributed by atoms with Crippen molar-refractivity contribution in [2.24, 2.45) is 5.92 Å². The highest BCUT2D eigenvalue weighted by atomic mass is 32.2. The van der Waals surface area contributed by atoms with Crippen molar-refractivity contribution in [3.8, 4) is 0 Å². The predicted molar refractivity (Wildman–Crippen MR) is 72.0 cm³/mol. The molecule has 7 heteroatoms. The van der Waals surface area contributed by atoms with Crippen molar-refractivity contribution in [2.75, 3.05) is 19.1 Å². The number of benzene rings is 1. The van der Waals surface area contributed by atoms with Gasteiger partial charge in [0.05, 0.1) is 28.7 Å². The first-order valence-corrected chi connectivity index (χ1v) is 8.73. The Balaban J connectivity index is 2.82. The molecular formula is C12H16O5S2. The molecule has 0 aliphatic heterocycles. The van der Waals surface area contributed by atoms with E-state index in [9.17, 15) is 17.4 Å². The summed E-state index contributed by atoms with van der Waals surface area (Å²) < 4.78 is 39.1. The highest BCUT2D eigenvalue weighted by Crippen LogP contribution is 2.15. The van der Waals surface area contributed by atoms with E-state index in [1.54, 1.807) is 6.92 Å². The summed E-state index contributed by atoms with van der Waals surface area (Å²) in [5, 5.41) is 0. The molecular weight excluding hydrogens is 288 g/mol. The van der Waals surface area contributed by atoms with E-state index < -0.39 is 32.5 Å². The van der Waals surface area contributed by atoms with Gasteiger partial charge < -0.3 is 4.74 Å². The average molecular weight is 304 g/mol. The molecule has 1 aromatic rings. The first-order valence-electron chi connectivity index (χ1n) is 5.52. The van der Waals surface area contributed by atoms with Gasteiger partial charge in [-0.25, -0.2) is 8.42 Å². The lowest BCUT2D eigenvalue weighted by molar-refractivity contribution is -0.144.